The molecule has 0 saturated heterocycles. The highest BCUT2D eigenvalue weighted by atomic mass is 32.2. The second-order valence-corrected chi connectivity index (χ2v) is 11.2. The van der Waals surface area contributed by atoms with E-state index in [-0.39, 0.29) is 22.2 Å². The molecule has 2 aromatic carbocycles. The van der Waals surface area contributed by atoms with E-state index < -0.39 is 22.7 Å². The lowest BCUT2D eigenvalue weighted by Gasteiger charge is -2.18. The van der Waals surface area contributed by atoms with Gasteiger partial charge in [0.05, 0.1) is 35.4 Å². The summed E-state index contributed by atoms with van der Waals surface area (Å²) in [6.07, 6.45) is 4.18. The second-order valence-electron chi connectivity index (χ2n) is 9.46. The predicted molar refractivity (Wildman–Crippen MR) is 143 cm³/mol. The third-order valence-corrected chi connectivity index (χ3v) is 8.39. The summed E-state index contributed by atoms with van der Waals surface area (Å²) in [4.78, 5) is 20.6. The highest BCUT2D eigenvalue weighted by Gasteiger charge is 2.27. The van der Waals surface area contributed by atoms with Crippen molar-refractivity contribution in [2.45, 2.75) is 56.4 Å². The second kappa shape index (κ2) is 10.7. The van der Waals surface area contributed by atoms with Crippen molar-refractivity contribution in [3.05, 3.63) is 76.0 Å². The van der Waals surface area contributed by atoms with E-state index in [1.165, 1.54) is 12.1 Å². The zero-order valence-electron chi connectivity index (χ0n) is 21.3. The molecule has 0 bridgehead atoms. The van der Waals surface area contributed by atoms with Crippen molar-refractivity contribution in [1.29, 1.82) is 0 Å². The zero-order valence-corrected chi connectivity index (χ0v) is 22.2. The number of hydrogen-bond donors (Lipinski definition) is 3. The number of imidazole rings is 1. The minimum absolute atomic E-state index is 0.0501. The molecular weight excluding hydrogens is 506 g/mol. The lowest BCUT2D eigenvalue weighted by atomic mass is 10.1. The van der Waals surface area contributed by atoms with Gasteiger partial charge >= 0.3 is 0 Å². The standard InChI is InChI=1S/C27H31N5O5S/c1-3-37-23-14-13-20(38(35,36)31-22(16-33)18-9-5-4-6-10-18)15-21(23)25-29-27(34)24-17(2)28-26(32(24)30-25)19-11-7-8-12-19/h4-6,9-10,13-15,19,22,31,33H,3,7-8,11-12,16H2,1-2H3,(H,29,30,34). The minimum atomic E-state index is -4.06. The molecule has 2 aromatic heterocycles. The number of aromatic nitrogens is 4. The third-order valence-electron chi connectivity index (χ3n) is 6.92. The van der Waals surface area contributed by atoms with Crippen LogP contribution in [0.3, 0.4) is 0 Å². The number of rotatable bonds is 9. The van der Waals surface area contributed by atoms with Gasteiger partial charge in [-0.1, -0.05) is 43.2 Å². The Labute approximate surface area is 220 Å². The summed E-state index contributed by atoms with van der Waals surface area (Å²) in [5, 5.41) is 14.6. The van der Waals surface area contributed by atoms with Crippen LogP contribution < -0.4 is 15.0 Å². The molecule has 3 N–H and O–H groups in total. The van der Waals surface area contributed by atoms with Gasteiger partial charge in [-0.2, -0.15) is 0 Å². The number of aryl methyl sites for hydroxylation is 1. The average molecular weight is 538 g/mol. The maximum atomic E-state index is 13.4. The monoisotopic (exact) mass is 537 g/mol. The van der Waals surface area contributed by atoms with Crippen LogP contribution in [-0.4, -0.2) is 46.3 Å². The fourth-order valence-corrected chi connectivity index (χ4v) is 6.30. The van der Waals surface area contributed by atoms with E-state index in [0.29, 0.717) is 34.7 Å². The van der Waals surface area contributed by atoms with Gasteiger partial charge in [0, 0.05) is 5.92 Å². The van der Waals surface area contributed by atoms with Crippen molar-refractivity contribution in [1.82, 2.24) is 24.3 Å². The average Bonchev–Trinajstić information content (AvgIpc) is 3.56. The first-order chi connectivity index (χ1) is 18.3. The molecule has 200 valence electrons. The molecule has 4 aromatic rings. The number of hydrogen-bond acceptors (Lipinski definition) is 7. The molecule has 10 nitrogen and oxygen atoms in total. The summed E-state index contributed by atoms with van der Waals surface area (Å²) >= 11 is 0. The lowest BCUT2D eigenvalue weighted by molar-refractivity contribution is 0.259. The molecule has 38 heavy (non-hydrogen) atoms. The van der Waals surface area contributed by atoms with Gasteiger partial charge in [0.1, 0.15) is 11.6 Å². The Morgan fingerprint density at radius 1 is 1.18 bits per heavy atom. The van der Waals surface area contributed by atoms with E-state index in [2.05, 4.69) is 14.7 Å². The topological polar surface area (TPSA) is 139 Å². The Kier molecular flexibility index (Phi) is 7.33. The molecule has 0 radical (unpaired) electrons. The molecular formula is C27H31N5O5S. The van der Waals surface area contributed by atoms with Crippen LogP contribution >= 0.6 is 0 Å². The van der Waals surface area contributed by atoms with Gasteiger partial charge in [-0.25, -0.2) is 22.6 Å². The van der Waals surface area contributed by atoms with E-state index in [1.54, 1.807) is 41.8 Å². The summed E-state index contributed by atoms with van der Waals surface area (Å²) in [5.74, 6) is 1.53. The summed E-state index contributed by atoms with van der Waals surface area (Å²) in [6.45, 7) is 3.53. The predicted octanol–water partition coefficient (Wildman–Crippen LogP) is 3.46. The van der Waals surface area contributed by atoms with Gasteiger partial charge in [-0.05, 0) is 50.5 Å². The van der Waals surface area contributed by atoms with Crippen LogP contribution in [0.15, 0.2) is 58.2 Å². The number of aromatic amines is 1. The Bertz CT molecular complexity index is 1610. The molecule has 0 amide bonds. The van der Waals surface area contributed by atoms with Crippen LogP contribution in [0.2, 0.25) is 0 Å². The molecule has 11 heteroatoms. The fraction of sp³-hybridized carbons (Fsp3) is 0.370. The molecule has 1 aliphatic carbocycles. The van der Waals surface area contributed by atoms with Crippen LogP contribution in [0.1, 0.15) is 61.6 Å². The van der Waals surface area contributed by atoms with E-state index in [9.17, 15) is 18.3 Å². The Hall–Kier alpha value is -3.54. The number of nitrogens with one attached hydrogen (secondary N) is 2. The molecule has 1 aliphatic rings. The molecule has 1 unspecified atom stereocenters. The number of aliphatic hydroxyl groups is 1. The van der Waals surface area contributed by atoms with Gasteiger partial charge in [-0.3, -0.25) is 4.79 Å². The lowest BCUT2D eigenvalue weighted by Crippen LogP contribution is -2.31. The molecule has 2 heterocycles. The highest BCUT2D eigenvalue weighted by molar-refractivity contribution is 7.89. The quantitative estimate of drug-likeness (QED) is 0.297. The first-order valence-corrected chi connectivity index (χ1v) is 14.3. The normalized spacial score (nSPS) is 15.2. The van der Waals surface area contributed by atoms with Crippen LogP contribution in [0.4, 0.5) is 0 Å². The summed E-state index contributed by atoms with van der Waals surface area (Å²) in [6, 6.07) is 12.4. The van der Waals surface area contributed by atoms with E-state index in [4.69, 9.17) is 9.84 Å². The smallest absolute Gasteiger partial charge is 0.277 e. The van der Waals surface area contributed by atoms with Crippen LogP contribution in [0.25, 0.3) is 16.9 Å². The molecule has 1 saturated carbocycles. The number of ether oxygens (including phenoxy) is 1. The number of aliphatic hydroxyl groups excluding tert-OH is 1. The van der Waals surface area contributed by atoms with E-state index in [1.807, 2.05) is 13.0 Å². The Balaban J connectivity index is 1.60. The van der Waals surface area contributed by atoms with Gasteiger partial charge < -0.3 is 14.8 Å². The van der Waals surface area contributed by atoms with Gasteiger partial charge in [0.15, 0.2) is 11.3 Å². The van der Waals surface area contributed by atoms with Crippen molar-refractivity contribution in [2.24, 2.45) is 0 Å². The number of H-pyrrole nitrogens is 1. The van der Waals surface area contributed by atoms with Crippen molar-refractivity contribution >= 4 is 15.5 Å². The van der Waals surface area contributed by atoms with E-state index in [0.717, 1.165) is 31.5 Å². The number of sulfonamides is 1. The Morgan fingerprint density at radius 2 is 1.92 bits per heavy atom. The van der Waals surface area contributed by atoms with Crippen LogP contribution in [-0.2, 0) is 10.0 Å². The molecule has 5 rings (SSSR count). The summed E-state index contributed by atoms with van der Waals surface area (Å²) in [7, 11) is -4.06. The maximum Gasteiger partial charge on any atom is 0.277 e. The first kappa shape index (κ1) is 26.1. The number of nitrogens with zero attached hydrogens (tertiary/aromatic N) is 3. The van der Waals surface area contributed by atoms with Crippen molar-refractivity contribution in [3.8, 4) is 17.1 Å². The Morgan fingerprint density at radius 3 is 2.61 bits per heavy atom. The van der Waals surface area contributed by atoms with Gasteiger partial charge in [0.25, 0.3) is 5.56 Å². The minimum Gasteiger partial charge on any atom is -0.493 e. The van der Waals surface area contributed by atoms with Crippen molar-refractivity contribution in [3.63, 3.8) is 0 Å². The fourth-order valence-electron chi connectivity index (χ4n) is 5.06. The third kappa shape index (κ3) is 4.96. The SMILES string of the molecule is CCOc1ccc(S(=O)(=O)NC(CO)c2ccccc2)cc1-c1nn2c(C3CCCC3)nc(C)c2c(=O)[nH]1. The first-order valence-electron chi connectivity index (χ1n) is 12.8. The zero-order chi connectivity index (χ0) is 26.9. The summed E-state index contributed by atoms with van der Waals surface area (Å²) < 4.78 is 36.7. The maximum absolute atomic E-state index is 13.4. The molecule has 1 atom stereocenters. The van der Waals surface area contributed by atoms with E-state index >= 15 is 0 Å². The van der Waals surface area contributed by atoms with Crippen LogP contribution in [0.5, 0.6) is 5.75 Å². The van der Waals surface area contributed by atoms with Gasteiger partial charge in [0.2, 0.25) is 10.0 Å². The molecule has 1 fully saturated rings. The van der Waals surface area contributed by atoms with Crippen LogP contribution in [0, 0.1) is 6.92 Å². The number of benzene rings is 2. The highest BCUT2D eigenvalue weighted by Crippen LogP contribution is 2.35. The van der Waals surface area contributed by atoms with Crippen molar-refractivity contribution < 1.29 is 18.3 Å². The largest absolute Gasteiger partial charge is 0.493 e. The van der Waals surface area contributed by atoms with Crippen molar-refractivity contribution in [2.75, 3.05) is 13.2 Å². The molecule has 0 aliphatic heterocycles. The summed E-state index contributed by atoms with van der Waals surface area (Å²) in [5.41, 5.74) is 1.60. The number of fused-ring (bicyclic) bond motifs is 1. The van der Waals surface area contributed by atoms with Gasteiger partial charge in [-0.15, -0.1) is 5.10 Å². The molecule has 0 spiro atoms.